The number of sulfone groups is 2. The summed E-state index contributed by atoms with van der Waals surface area (Å²) < 4.78 is 67.5. The van der Waals surface area contributed by atoms with E-state index in [1.165, 1.54) is 24.4 Å². The van der Waals surface area contributed by atoms with Crippen LogP contribution in [-0.4, -0.2) is 34.3 Å². The van der Waals surface area contributed by atoms with E-state index < -0.39 is 25.5 Å². The molecule has 0 aliphatic rings. The van der Waals surface area contributed by atoms with Crippen molar-refractivity contribution in [2.45, 2.75) is 9.79 Å². The van der Waals surface area contributed by atoms with Crippen LogP contribution in [0.3, 0.4) is 0 Å². The van der Waals surface area contributed by atoms with Gasteiger partial charge in [0.1, 0.15) is 5.75 Å². The molecule has 0 saturated heterocycles. The second-order valence-electron chi connectivity index (χ2n) is 7.28. The molecule has 6 nitrogen and oxygen atoms in total. The SMILES string of the molecule is CS(=O)(=O)c1ccc(Oc2cccc(-c3ccnc4c(S(C)(=O)=O)cccc34)c2)c(F)c1. The van der Waals surface area contributed by atoms with E-state index in [4.69, 9.17) is 4.74 Å². The first-order chi connectivity index (χ1) is 15.0. The summed E-state index contributed by atoms with van der Waals surface area (Å²) in [5.41, 5.74) is 1.81. The third-order valence-corrected chi connectivity index (χ3v) is 7.08. The maximum Gasteiger partial charge on any atom is 0.177 e. The van der Waals surface area contributed by atoms with Crippen molar-refractivity contribution in [2.75, 3.05) is 12.5 Å². The highest BCUT2D eigenvalue weighted by atomic mass is 32.2. The number of ether oxygens (including phenoxy) is 1. The van der Waals surface area contributed by atoms with Crippen LogP contribution < -0.4 is 4.74 Å². The van der Waals surface area contributed by atoms with Crippen molar-refractivity contribution in [3.63, 3.8) is 0 Å². The lowest BCUT2D eigenvalue weighted by Crippen LogP contribution is -2.00. The summed E-state index contributed by atoms with van der Waals surface area (Å²) in [6.45, 7) is 0. The van der Waals surface area contributed by atoms with Crippen LogP contribution in [0, 0.1) is 5.82 Å². The van der Waals surface area contributed by atoms with Crippen molar-refractivity contribution < 1.29 is 26.0 Å². The van der Waals surface area contributed by atoms with Crippen LogP contribution >= 0.6 is 0 Å². The number of nitrogens with zero attached hydrogens (tertiary/aromatic N) is 1. The van der Waals surface area contributed by atoms with E-state index in [1.807, 2.05) is 6.07 Å². The molecule has 1 heterocycles. The second-order valence-corrected chi connectivity index (χ2v) is 11.3. The molecule has 0 bridgehead atoms. The van der Waals surface area contributed by atoms with Gasteiger partial charge in [-0.1, -0.05) is 24.3 Å². The Hall–Kier alpha value is -3.30. The smallest absolute Gasteiger partial charge is 0.177 e. The molecule has 0 spiro atoms. The minimum Gasteiger partial charge on any atom is -0.454 e. The quantitative estimate of drug-likeness (QED) is 0.421. The van der Waals surface area contributed by atoms with Gasteiger partial charge in [-0.3, -0.25) is 4.98 Å². The van der Waals surface area contributed by atoms with E-state index in [0.29, 0.717) is 22.2 Å². The molecular weight excluding hydrogens is 453 g/mol. The van der Waals surface area contributed by atoms with Crippen LogP contribution in [-0.2, 0) is 19.7 Å². The third-order valence-electron chi connectivity index (χ3n) is 4.84. The molecule has 0 radical (unpaired) electrons. The maximum absolute atomic E-state index is 14.4. The van der Waals surface area contributed by atoms with E-state index in [2.05, 4.69) is 4.98 Å². The zero-order valence-corrected chi connectivity index (χ0v) is 18.7. The Labute approximate surface area is 185 Å². The minimum absolute atomic E-state index is 0.117. The van der Waals surface area contributed by atoms with Gasteiger partial charge in [-0.05, 0) is 53.6 Å². The molecule has 32 heavy (non-hydrogen) atoms. The predicted molar refractivity (Wildman–Crippen MR) is 120 cm³/mol. The van der Waals surface area contributed by atoms with E-state index in [9.17, 15) is 21.2 Å². The molecule has 3 aromatic carbocycles. The van der Waals surface area contributed by atoms with Gasteiger partial charge in [-0.2, -0.15) is 0 Å². The molecule has 0 N–H and O–H groups in total. The normalized spacial score (nSPS) is 12.1. The van der Waals surface area contributed by atoms with E-state index >= 15 is 0 Å². The van der Waals surface area contributed by atoms with Crippen molar-refractivity contribution in [1.29, 1.82) is 0 Å². The van der Waals surface area contributed by atoms with Crippen molar-refractivity contribution in [2.24, 2.45) is 0 Å². The highest BCUT2D eigenvalue weighted by Gasteiger charge is 2.16. The standard InChI is InChI=1S/C23H18FNO5S2/c1-31(26,27)17-9-10-21(20(24)14-17)30-16-6-3-5-15(13-16)18-11-12-25-23-19(18)7-4-8-22(23)32(2,28)29/h3-14H,1-2H3. The highest BCUT2D eigenvalue weighted by Crippen LogP contribution is 2.34. The number of rotatable bonds is 5. The Morgan fingerprint density at radius 2 is 1.59 bits per heavy atom. The lowest BCUT2D eigenvalue weighted by atomic mass is 10.0. The summed E-state index contributed by atoms with van der Waals surface area (Å²) >= 11 is 0. The summed E-state index contributed by atoms with van der Waals surface area (Å²) in [6.07, 6.45) is 3.66. The molecule has 4 rings (SSSR count). The average molecular weight is 472 g/mol. The summed E-state index contributed by atoms with van der Waals surface area (Å²) in [7, 11) is -7.00. The molecule has 0 atom stereocenters. The van der Waals surface area contributed by atoms with Gasteiger partial charge in [0.05, 0.1) is 15.3 Å². The fourth-order valence-corrected chi connectivity index (χ4v) is 4.82. The minimum atomic E-state index is -3.54. The summed E-state index contributed by atoms with van der Waals surface area (Å²) in [6, 6.07) is 17.0. The number of aromatic nitrogens is 1. The molecule has 9 heteroatoms. The summed E-state index contributed by atoms with van der Waals surface area (Å²) in [4.78, 5) is 4.25. The summed E-state index contributed by atoms with van der Waals surface area (Å²) in [5, 5.41) is 0.649. The van der Waals surface area contributed by atoms with Gasteiger partial charge >= 0.3 is 0 Å². The van der Waals surface area contributed by atoms with E-state index in [1.54, 1.807) is 36.4 Å². The maximum atomic E-state index is 14.4. The second kappa shape index (κ2) is 7.99. The van der Waals surface area contributed by atoms with Crippen LogP contribution in [0.1, 0.15) is 0 Å². The van der Waals surface area contributed by atoms with E-state index in [-0.39, 0.29) is 15.5 Å². The Morgan fingerprint density at radius 3 is 2.28 bits per heavy atom. The molecule has 0 aliphatic heterocycles. The molecule has 0 saturated carbocycles. The van der Waals surface area contributed by atoms with Gasteiger partial charge in [0, 0.05) is 24.1 Å². The van der Waals surface area contributed by atoms with Gasteiger partial charge in [-0.25, -0.2) is 21.2 Å². The largest absolute Gasteiger partial charge is 0.454 e. The number of fused-ring (bicyclic) bond motifs is 1. The van der Waals surface area contributed by atoms with Gasteiger partial charge in [0.15, 0.2) is 31.2 Å². The molecule has 0 fully saturated rings. The van der Waals surface area contributed by atoms with Crippen LogP contribution in [0.2, 0.25) is 0 Å². The average Bonchev–Trinajstić information content (AvgIpc) is 2.73. The zero-order chi connectivity index (χ0) is 23.1. The Balaban J connectivity index is 1.76. The summed E-state index contributed by atoms with van der Waals surface area (Å²) in [5.74, 6) is -0.586. The van der Waals surface area contributed by atoms with Crippen LogP contribution in [0.25, 0.3) is 22.0 Å². The zero-order valence-electron chi connectivity index (χ0n) is 17.1. The number of hydrogen-bond donors (Lipinski definition) is 0. The fraction of sp³-hybridized carbons (Fsp3) is 0.0870. The van der Waals surface area contributed by atoms with Gasteiger partial charge in [0.25, 0.3) is 0 Å². The van der Waals surface area contributed by atoms with Crippen LogP contribution in [0.5, 0.6) is 11.5 Å². The van der Waals surface area contributed by atoms with E-state index in [0.717, 1.165) is 24.1 Å². The number of pyridine rings is 1. The van der Waals surface area contributed by atoms with Gasteiger partial charge in [0.2, 0.25) is 0 Å². The number of hydrogen-bond acceptors (Lipinski definition) is 6. The third kappa shape index (κ3) is 4.35. The number of para-hydroxylation sites is 1. The molecule has 0 unspecified atom stereocenters. The number of benzene rings is 3. The molecule has 0 amide bonds. The van der Waals surface area contributed by atoms with Gasteiger partial charge in [-0.15, -0.1) is 0 Å². The molecular formula is C23H18FNO5S2. The molecule has 0 aliphatic carbocycles. The van der Waals surface area contributed by atoms with Crippen LogP contribution in [0.15, 0.2) is 82.7 Å². The fourth-order valence-electron chi connectivity index (χ4n) is 3.35. The Morgan fingerprint density at radius 1 is 0.844 bits per heavy atom. The lowest BCUT2D eigenvalue weighted by Gasteiger charge is -2.12. The molecule has 4 aromatic rings. The Kier molecular flexibility index (Phi) is 5.47. The first-order valence-electron chi connectivity index (χ1n) is 9.40. The Bertz CT molecular complexity index is 1560. The topological polar surface area (TPSA) is 90.4 Å². The van der Waals surface area contributed by atoms with Crippen molar-refractivity contribution in [3.8, 4) is 22.6 Å². The van der Waals surface area contributed by atoms with Crippen LogP contribution in [0.4, 0.5) is 4.39 Å². The lowest BCUT2D eigenvalue weighted by molar-refractivity contribution is 0.441. The monoisotopic (exact) mass is 471 g/mol. The highest BCUT2D eigenvalue weighted by molar-refractivity contribution is 7.91. The number of halogens is 1. The van der Waals surface area contributed by atoms with Crippen molar-refractivity contribution >= 4 is 30.6 Å². The predicted octanol–water partition coefficient (Wildman–Crippen LogP) is 4.64. The molecule has 164 valence electrons. The van der Waals surface area contributed by atoms with Crippen molar-refractivity contribution in [1.82, 2.24) is 4.98 Å². The van der Waals surface area contributed by atoms with Crippen molar-refractivity contribution in [3.05, 3.63) is 78.7 Å². The first-order valence-corrected chi connectivity index (χ1v) is 13.2. The first kappa shape index (κ1) is 21.9. The van der Waals surface area contributed by atoms with Gasteiger partial charge < -0.3 is 4.74 Å². The molecule has 1 aromatic heterocycles.